The van der Waals surface area contributed by atoms with E-state index in [2.05, 4.69) is 8.37 Å². The van der Waals surface area contributed by atoms with E-state index in [1.807, 2.05) is 0 Å². The molecule has 0 aromatic rings. The first-order valence-electron chi connectivity index (χ1n) is 2.83. The fourth-order valence-corrected chi connectivity index (χ4v) is 1.30. The Morgan fingerprint density at radius 2 is 2.40 bits per heavy atom. The third kappa shape index (κ3) is 1.91. The summed E-state index contributed by atoms with van der Waals surface area (Å²) in [6.07, 6.45) is -0.755. The minimum absolute atomic E-state index is 0.0455. The fraction of sp³-hybridized carbons (Fsp3) is 1.00. The predicted octanol–water partition coefficient (Wildman–Crippen LogP) is -0.359. The van der Waals surface area contributed by atoms with Crippen LogP contribution in [0.15, 0.2) is 0 Å². The van der Waals surface area contributed by atoms with Gasteiger partial charge in [0.15, 0.2) is 0 Å². The molecule has 0 saturated carbocycles. The van der Waals surface area contributed by atoms with Crippen molar-refractivity contribution in [1.29, 1.82) is 0 Å². The highest BCUT2D eigenvalue weighted by Crippen LogP contribution is 2.12. The summed E-state index contributed by atoms with van der Waals surface area (Å²) in [5.41, 5.74) is 0. The number of hydrogen-bond donors (Lipinski definition) is 0. The molecule has 5 nitrogen and oxygen atoms in total. The first-order valence-corrected chi connectivity index (χ1v) is 4.16. The second kappa shape index (κ2) is 2.83. The van der Waals surface area contributed by atoms with Crippen LogP contribution in [0.4, 0.5) is 0 Å². The summed E-state index contributed by atoms with van der Waals surface area (Å²) in [5.74, 6) is 0. The second-order valence-corrected chi connectivity index (χ2v) is 2.92. The van der Waals surface area contributed by atoms with Gasteiger partial charge in [0.05, 0.1) is 0 Å². The summed E-state index contributed by atoms with van der Waals surface area (Å²) < 4.78 is 34.1. The maximum Gasteiger partial charge on any atom is 0.402 e. The van der Waals surface area contributed by atoms with Crippen molar-refractivity contribution in [2.24, 2.45) is 0 Å². The van der Waals surface area contributed by atoms with Crippen LogP contribution in [0.5, 0.6) is 0 Å². The van der Waals surface area contributed by atoms with E-state index in [4.69, 9.17) is 4.74 Å². The van der Waals surface area contributed by atoms with Gasteiger partial charge in [0.2, 0.25) is 6.29 Å². The molecule has 0 spiro atoms. The Labute approximate surface area is 59.2 Å². The smallest absolute Gasteiger partial charge is 0.349 e. The summed E-state index contributed by atoms with van der Waals surface area (Å²) in [4.78, 5) is 0. The van der Waals surface area contributed by atoms with Crippen molar-refractivity contribution in [1.82, 2.24) is 0 Å². The Kier molecular flexibility index (Phi) is 2.24. The van der Waals surface area contributed by atoms with E-state index >= 15 is 0 Å². The Morgan fingerprint density at radius 1 is 1.70 bits per heavy atom. The standard InChI is InChI=1S/C4H8O5S/c1-2-7-4-3-8-10(5,6)9-4/h4H,2-3H2,1H3. The summed E-state index contributed by atoms with van der Waals surface area (Å²) in [6, 6.07) is 0. The molecule has 0 bridgehead atoms. The van der Waals surface area contributed by atoms with Gasteiger partial charge in [-0.25, -0.2) is 8.37 Å². The lowest BCUT2D eigenvalue weighted by Crippen LogP contribution is -2.14. The molecule has 10 heavy (non-hydrogen) atoms. The lowest BCUT2D eigenvalue weighted by atomic mass is 10.7. The van der Waals surface area contributed by atoms with Crippen molar-refractivity contribution in [2.75, 3.05) is 13.2 Å². The number of hydrogen-bond acceptors (Lipinski definition) is 5. The van der Waals surface area contributed by atoms with Crippen LogP contribution in [-0.4, -0.2) is 27.9 Å². The van der Waals surface area contributed by atoms with Crippen LogP contribution in [0.1, 0.15) is 6.92 Å². The van der Waals surface area contributed by atoms with Crippen LogP contribution in [-0.2, 0) is 23.5 Å². The molecule has 1 atom stereocenters. The van der Waals surface area contributed by atoms with Gasteiger partial charge in [0.1, 0.15) is 6.61 Å². The van der Waals surface area contributed by atoms with Crippen molar-refractivity contribution in [3.8, 4) is 0 Å². The molecule has 1 fully saturated rings. The minimum atomic E-state index is -3.74. The van der Waals surface area contributed by atoms with Crippen molar-refractivity contribution >= 4 is 10.4 Å². The zero-order valence-corrected chi connectivity index (χ0v) is 6.26. The number of rotatable bonds is 2. The molecule has 1 aliphatic heterocycles. The summed E-state index contributed by atoms with van der Waals surface area (Å²) in [7, 11) is -3.74. The average molecular weight is 168 g/mol. The monoisotopic (exact) mass is 168 g/mol. The van der Waals surface area contributed by atoms with Gasteiger partial charge in [0.25, 0.3) is 0 Å². The average Bonchev–Trinajstić information content (AvgIpc) is 2.12. The lowest BCUT2D eigenvalue weighted by Gasteiger charge is -2.02. The fourth-order valence-electron chi connectivity index (χ4n) is 0.588. The van der Waals surface area contributed by atoms with E-state index in [1.54, 1.807) is 6.92 Å². The van der Waals surface area contributed by atoms with Gasteiger partial charge in [-0.3, -0.25) is 0 Å². The molecule has 0 aromatic heterocycles. The molecule has 6 heteroatoms. The molecule has 0 radical (unpaired) electrons. The molecular weight excluding hydrogens is 160 g/mol. The van der Waals surface area contributed by atoms with Crippen molar-refractivity contribution in [2.45, 2.75) is 13.2 Å². The minimum Gasteiger partial charge on any atom is -0.349 e. The Balaban J connectivity index is 2.44. The highest BCUT2D eigenvalue weighted by atomic mass is 32.3. The van der Waals surface area contributed by atoms with E-state index in [9.17, 15) is 8.42 Å². The van der Waals surface area contributed by atoms with Crippen LogP contribution in [0, 0.1) is 0 Å². The molecule has 1 heterocycles. The highest BCUT2D eigenvalue weighted by Gasteiger charge is 2.29. The van der Waals surface area contributed by atoms with E-state index in [0.29, 0.717) is 6.61 Å². The molecule has 1 saturated heterocycles. The third-order valence-electron chi connectivity index (χ3n) is 0.926. The summed E-state index contributed by atoms with van der Waals surface area (Å²) >= 11 is 0. The van der Waals surface area contributed by atoms with Crippen LogP contribution in [0.3, 0.4) is 0 Å². The topological polar surface area (TPSA) is 61.8 Å². The molecule has 0 aliphatic carbocycles. The van der Waals surface area contributed by atoms with Gasteiger partial charge in [-0.2, -0.15) is 8.42 Å². The zero-order valence-electron chi connectivity index (χ0n) is 5.44. The summed E-state index contributed by atoms with van der Waals surface area (Å²) in [5, 5.41) is 0. The maximum atomic E-state index is 10.4. The first-order chi connectivity index (χ1) is 4.64. The van der Waals surface area contributed by atoms with Crippen LogP contribution in [0.2, 0.25) is 0 Å². The molecule has 1 aliphatic rings. The molecule has 1 unspecified atom stereocenters. The quantitative estimate of drug-likeness (QED) is 0.563. The summed E-state index contributed by atoms with van der Waals surface area (Å²) in [6.45, 7) is 2.11. The predicted molar refractivity (Wildman–Crippen MR) is 31.4 cm³/mol. The number of ether oxygens (including phenoxy) is 1. The van der Waals surface area contributed by atoms with Gasteiger partial charge in [-0.1, -0.05) is 0 Å². The van der Waals surface area contributed by atoms with Gasteiger partial charge in [-0.15, -0.1) is 0 Å². The highest BCUT2D eigenvalue weighted by molar-refractivity contribution is 7.82. The largest absolute Gasteiger partial charge is 0.402 e. The van der Waals surface area contributed by atoms with Gasteiger partial charge < -0.3 is 4.74 Å². The van der Waals surface area contributed by atoms with Crippen molar-refractivity contribution in [3.05, 3.63) is 0 Å². The van der Waals surface area contributed by atoms with Gasteiger partial charge in [0, 0.05) is 6.61 Å². The maximum absolute atomic E-state index is 10.4. The second-order valence-electron chi connectivity index (χ2n) is 1.67. The van der Waals surface area contributed by atoms with Crippen LogP contribution in [0.25, 0.3) is 0 Å². The Morgan fingerprint density at radius 3 is 2.80 bits per heavy atom. The van der Waals surface area contributed by atoms with E-state index in [0.717, 1.165) is 0 Å². The van der Waals surface area contributed by atoms with Crippen molar-refractivity contribution in [3.63, 3.8) is 0 Å². The van der Waals surface area contributed by atoms with E-state index in [-0.39, 0.29) is 6.61 Å². The Hall–Kier alpha value is -0.170. The Bertz CT molecular complexity index is 196. The SMILES string of the molecule is CCOC1COS(=O)(=O)O1. The molecule has 0 amide bonds. The van der Waals surface area contributed by atoms with Crippen LogP contribution >= 0.6 is 0 Å². The first kappa shape index (κ1) is 7.93. The normalized spacial score (nSPS) is 30.7. The zero-order chi connectivity index (χ0) is 7.61. The van der Waals surface area contributed by atoms with Crippen molar-refractivity contribution < 1.29 is 21.5 Å². The molecule has 0 N–H and O–H groups in total. The van der Waals surface area contributed by atoms with Gasteiger partial charge in [-0.05, 0) is 6.92 Å². The third-order valence-corrected chi connectivity index (χ3v) is 1.80. The molecule has 1 rings (SSSR count). The van der Waals surface area contributed by atoms with Crippen LogP contribution < -0.4 is 0 Å². The molecular formula is C4H8O5S. The van der Waals surface area contributed by atoms with Gasteiger partial charge >= 0.3 is 10.4 Å². The van der Waals surface area contributed by atoms with E-state index in [1.165, 1.54) is 0 Å². The van der Waals surface area contributed by atoms with E-state index < -0.39 is 16.7 Å². The molecule has 60 valence electrons. The molecule has 0 aromatic carbocycles. The lowest BCUT2D eigenvalue weighted by molar-refractivity contribution is -0.0606.